The first-order chi connectivity index (χ1) is 6.72. The number of benzene rings is 1. The third-order valence-electron chi connectivity index (χ3n) is 1.98. The van der Waals surface area contributed by atoms with Crippen LogP contribution >= 0.6 is 11.6 Å². The number of halogens is 2. The van der Waals surface area contributed by atoms with Crippen molar-refractivity contribution >= 4 is 22.6 Å². The van der Waals surface area contributed by atoms with Crippen molar-refractivity contribution in [3.63, 3.8) is 0 Å². The van der Waals surface area contributed by atoms with Gasteiger partial charge in [-0.1, -0.05) is 11.6 Å². The first-order valence-corrected chi connectivity index (χ1v) is 4.63. The van der Waals surface area contributed by atoms with Gasteiger partial charge in [-0.2, -0.15) is 0 Å². The van der Waals surface area contributed by atoms with E-state index in [9.17, 15) is 4.39 Å². The number of nitrogens with two attached hydrogens (primary N) is 1. The molecule has 0 unspecified atom stereocenters. The first-order valence-electron chi connectivity index (χ1n) is 4.25. The van der Waals surface area contributed by atoms with Gasteiger partial charge in [0.05, 0.1) is 10.5 Å². The summed E-state index contributed by atoms with van der Waals surface area (Å²) in [6.45, 7) is 0.481. The van der Waals surface area contributed by atoms with E-state index < -0.39 is 5.82 Å². The number of aromatic nitrogens is 2. The number of hydrogen-bond donors (Lipinski definition) is 2. The van der Waals surface area contributed by atoms with Crippen LogP contribution in [0.3, 0.4) is 0 Å². The van der Waals surface area contributed by atoms with Crippen molar-refractivity contribution in [2.75, 3.05) is 6.54 Å². The summed E-state index contributed by atoms with van der Waals surface area (Å²) in [6, 6.07) is 3.21. The number of nitrogens with one attached hydrogen (secondary N) is 1. The summed E-state index contributed by atoms with van der Waals surface area (Å²) >= 11 is 5.62. The van der Waals surface area contributed by atoms with Gasteiger partial charge in [0, 0.05) is 6.42 Å². The molecular formula is C9H9ClFN3. The molecule has 1 aromatic carbocycles. The third-order valence-corrected chi connectivity index (χ3v) is 2.27. The molecule has 0 radical (unpaired) electrons. The van der Waals surface area contributed by atoms with Crippen molar-refractivity contribution in [3.05, 3.63) is 28.8 Å². The monoisotopic (exact) mass is 213 g/mol. The first kappa shape index (κ1) is 9.43. The van der Waals surface area contributed by atoms with Gasteiger partial charge in [-0.05, 0) is 18.7 Å². The molecule has 0 saturated heterocycles. The Bertz CT molecular complexity index is 466. The fraction of sp³-hybridized carbons (Fsp3) is 0.222. The molecule has 1 heterocycles. The molecular weight excluding hydrogens is 205 g/mol. The lowest BCUT2D eigenvalue weighted by Gasteiger charge is -1.92. The summed E-state index contributed by atoms with van der Waals surface area (Å²) in [5.74, 6) is 0.201. The average Bonchev–Trinajstić information content (AvgIpc) is 2.56. The van der Waals surface area contributed by atoms with Gasteiger partial charge in [0.1, 0.15) is 11.3 Å². The summed E-state index contributed by atoms with van der Waals surface area (Å²) in [7, 11) is 0. The van der Waals surface area contributed by atoms with E-state index in [0.717, 1.165) is 0 Å². The molecule has 0 atom stereocenters. The Kier molecular flexibility index (Phi) is 2.39. The quantitative estimate of drug-likeness (QED) is 0.800. The maximum Gasteiger partial charge on any atom is 0.169 e. The molecule has 3 N–H and O–H groups in total. The van der Waals surface area contributed by atoms with E-state index >= 15 is 0 Å². The highest BCUT2D eigenvalue weighted by molar-refractivity contribution is 6.31. The molecule has 2 aromatic rings. The Morgan fingerprint density at radius 2 is 2.29 bits per heavy atom. The van der Waals surface area contributed by atoms with Crippen molar-refractivity contribution < 1.29 is 4.39 Å². The topological polar surface area (TPSA) is 54.7 Å². The zero-order valence-electron chi connectivity index (χ0n) is 7.35. The van der Waals surface area contributed by atoms with E-state index in [1.807, 2.05) is 0 Å². The van der Waals surface area contributed by atoms with Crippen molar-refractivity contribution in [3.8, 4) is 0 Å². The van der Waals surface area contributed by atoms with Crippen LogP contribution in [0.15, 0.2) is 12.1 Å². The molecule has 0 saturated carbocycles. The fourth-order valence-electron chi connectivity index (χ4n) is 1.32. The third kappa shape index (κ3) is 1.47. The van der Waals surface area contributed by atoms with Crippen LogP contribution in [-0.4, -0.2) is 16.5 Å². The lowest BCUT2D eigenvalue weighted by atomic mass is 10.3. The lowest BCUT2D eigenvalue weighted by Crippen LogP contribution is -2.03. The minimum Gasteiger partial charge on any atom is -0.342 e. The second-order valence-electron chi connectivity index (χ2n) is 2.98. The van der Waals surface area contributed by atoms with Gasteiger partial charge in [-0.3, -0.25) is 0 Å². The van der Waals surface area contributed by atoms with Crippen molar-refractivity contribution in [2.45, 2.75) is 6.42 Å². The van der Waals surface area contributed by atoms with Crippen LogP contribution in [-0.2, 0) is 6.42 Å². The van der Waals surface area contributed by atoms with Crippen molar-refractivity contribution in [1.29, 1.82) is 0 Å². The number of aromatic amines is 1. The molecule has 5 heteroatoms. The maximum atomic E-state index is 13.4. The highest BCUT2D eigenvalue weighted by Crippen LogP contribution is 2.22. The number of imidazole rings is 1. The van der Waals surface area contributed by atoms with Crippen LogP contribution in [0.4, 0.5) is 4.39 Å². The van der Waals surface area contributed by atoms with Gasteiger partial charge < -0.3 is 10.7 Å². The van der Waals surface area contributed by atoms with E-state index in [4.69, 9.17) is 17.3 Å². The Morgan fingerprint density at radius 3 is 3.00 bits per heavy atom. The van der Waals surface area contributed by atoms with E-state index in [-0.39, 0.29) is 10.5 Å². The van der Waals surface area contributed by atoms with Gasteiger partial charge in [0.2, 0.25) is 0 Å². The standard InChI is InChI=1S/C9H9ClFN3/c10-5-1-2-6-9(8(5)11)14-7(13-6)3-4-12/h1-2H,3-4,12H2,(H,13,14). The van der Waals surface area contributed by atoms with E-state index in [1.54, 1.807) is 6.07 Å². The van der Waals surface area contributed by atoms with E-state index in [0.29, 0.717) is 24.3 Å². The Hall–Kier alpha value is -1.13. The highest BCUT2D eigenvalue weighted by atomic mass is 35.5. The number of H-pyrrole nitrogens is 1. The Balaban J connectivity index is 2.59. The average molecular weight is 214 g/mol. The second-order valence-corrected chi connectivity index (χ2v) is 3.39. The molecule has 0 bridgehead atoms. The van der Waals surface area contributed by atoms with E-state index in [2.05, 4.69) is 9.97 Å². The van der Waals surface area contributed by atoms with Gasteiger partial charge in [0.15, 0.2) is 5.82 Å². The summed E-state index contributed by atoms with van der Waals surface area (Å²) in [6.07, 6.45) is 0.603. The molecule has 0 spiro atoms. The molecule has 0 aliphatic rings. The lowest BCUT2D eigenvalue weighted by molar-refractivity contribution is 0.637. The molecule has 0 amide bonds. The summed E-state index contributed by atoms with van der Waals surface area (Å²) < 4.78 is 13.4. The molecule has 2 rings (SSSR count). The fourth-order valence-corrected chi connectivity index (χ4v) is 1.48. The van der Waals surface area contributed by atoms with Crippen LogP contribution in [0.1, 0.15) is 5.82 Å². The van der Waals surface area contributed by atoms with Crippen LogP contribution < -0.4 is 5.73 Å². The second kappa shape index (κ2) is 3.55. The summed E-state index contributed by atoms with van der Waals surface area (Å²) in [5.41, 5.74) is 6.30. The molecule has 0 aliphatic heterocycles. The number of nitrogens with zero attached hydrogens (tertiary/aromatic N) is 1. The normalized spacial score (nSPS) is 11.1. The van der Waals surface area contributed by atoms with Gasteiger partial charge in [-0.25, -0.2) is 9.37 Å². The van der Waals surface area contributed by atoms with E-state index in [1.165, 1.54) is 6.07 Å². The van der Waals surface area contributed by atoms with Crippen LogP contribution in [0.2, 0.25) is 5.02 Å². The molecule has 14 heavy (non-hydrogen) atoms. The van der Waals surface area contributed by atoms with Crippen molar-refractivity contribution in [1.82, 2.24) is 9.97 Å². The Labute approximate surface area is 85.1 Å². The summed E-state index contributed by atoms with van der Waals surface area (Å²) in [5, 5.41) is 0.0864. The predicted molar refractivity (Wildman–Crippen MR) is 53.8 cm³/mol. The summed E-state index contributed by atoms with van der Waals surface area (Å²) in [4.78, 5) is 7.04. The SMILES string of the molecule is NCCc1nc2c(F)c(Cl)ccc2[nH]1. The molecule has 3 nitrogen and oxygen atoms in total. The van der Waals surface area contributed by atoms with Gasteiger partial charge in [0.25, 0.3) is 0 Å². The largest absolute Gasteiger partial charge is 0.342 e. The van der Waals surface area contributed by atoms with Gasteiger partial charge >= 0.3 is 0 Å². The predicted octanol–water partition coefficient (Wildman–Crippen LogP) is 1.86. The number of hydrogen-bond acceptors (Lipinski definition) is 2. The smallest absolute Gasteiger partial charge is 0.169 e. The van der Waals surface area contributed by atoms with Crippen LogP contribution in [0.5, 0.6) is 0 Å². The number of rotatable bonds is 2. The Morgan fingerprint density at radius 1 is 1.50 bits per heavy atom. The zero-order chi connectivity index (χ0) is 10.1. The van der Waals surface area contributed by atoms with Gasteiger partial charge in [-0.15, -0.1) is 0 Å². The minimum atomic E-state index is -0.483. The zero-order valence-corrected chi connectivity index (χ0v) is 8.11. The highest BCUT2D eigenvalue weighted by Gasteiger charge is 2.09. The molecule has 0 aliphatic carbocycles. The molecule has 74 valence electrons. The molecule has 0 fully saturated rings. The maximum absolute atomic E-state index is 13.4. The number of fused-ring (bicyclic) bond motifs is 1. The molecule has 1 aromatic heterocycles. The van der Waals surface area contributed by atoms with Crippen LogP contribution in [0, 0.1) is 5.82 Å². The minimum absolute atomic E-state index is 0.0864. The van der Waals surface area contributed by atoms with Crippen LogP contribution in [0.25, 0.3) is 11.0 Å². The van der Waals surface area contributed by atoms with Crippen molar-refractivity contribution in [2.24, 2.45) is 5.73 Å².